The third-order valence-electron chi connectivity index (χ3n) is 5.95. The molecule has 6 nitrogen and oxygen atoms in total. The van der Waals surface area contributed by atoms with Crippen molar-refractivity contribution >= 4 is 27.6 Å². The zero-order chi connectivity index (χ0) is 20.7. The second-order valence-electron chi connectivity index (χ2n) is 8.18. The van der Waals surface area contributed by atoms with E-state index in [4.69, 9.17) is 14.8 Å². The Balaban J connectivity index is 1.60. The lowest BCUT2D eigenvalue weighted by Crippen LogP contribution is -2.44. The normalized spacial score (nSPS) is 15.2. The van der Waals surface area contributed by atoms with E-state index in [0.29, 0.717) is 6.54 Å². The van der Waals surface area contributed by atoms with Gasteiger partial charge >= 0.3 is 0 Å². The molecule has 0 spiro atoms. The Morgan fingerprint density at radius 2 is 1.73 bits per heavy atom. The molecule has 0 unspecified atom stereocenters. The number of ether oxygens (including phenoxy) is 1. The minimum atomic E-state index is 0.716. The molecule has 2 aromatic carbocycles. The SMILES string of the molecule is COc1ccc(Cn2cc3c(n2)c(N2CCN(C)CC2)nc2ccc(C)cc23)cc1. The molecular formula is C24H27N5O. The average Bonchev–Trinajstić information content (AvgIpc) is 3.18. The predicted octanol–water partition coefficient (Wildman–Crippen LogP) is 3.70. The summed E-state index contributed by atoms with van der Waals surface area (Å²) in [5, 5.41) is 7.33. The van der Waals surface area contributed by atoms with Crippen LogP contribution < -0.4 is 9.64 Å². The van der Waals surface area contributed by atoms with Gasteiger partial charge in [-0.3, -0.25) is 4.68 Å². The quantitative estimate of drug-likeness (QED) is 0.522. The number of aryl methyl sites for hydroxylation is 1. The molecule has 1 fully saturated rings. The van der Waals surface area contributed by atoms with Gasteiger partial charge < -0.3 is 14.5 Å². The van der Waals surface area contributed by atoms with Crippen LogP contribution in [0.3, 0.4) is 0 Å². The van der Waals surface area contributed by atoms with Crippen molar-refractivity contribution in [3.05, 3.63) is 59.8 Å². The largest absolute Gasteiger partial charge is 0.497 e. The molecule has 0 radical (unpaired) electrons. The highest BCUT2D eigenvalue weighted by molar-refractivity contribution is 6.08. The maximum Gasteiger partial charge on any atom is 0.157 e. The van der Waals surface area contributed by atoms with E-state index in [1.165, 1.54) is 21.9 Å². The van der Waals surface area contributed by atoms with Gasteiger partial charge in [0.25, 0.3) is 0 Å². The summed E-state index contributed by atoms with van der Waals surface area (Å²) in [4.78, 5) is 9.79. The van der Waals surface area contributed by atoms with E-state index in [2.05, 4.69) is 60.3 Å². The highest BCUT2D eigenvalue weighted by Crippen LogP contribution is 2.32. The molecule has 154 valence electrons. The lowest BCUT2D eigenvalue weighted by molar-refractivity contribution is 0.312. The van der Waals surface area contributed by atoms with Crippen LogP contribution >= 0.6 is 0 Å². The van der Waals surface area contributed by atoms with Gasteiger partial charge in [0.2, 0.25) is 0 Å². The molecule has 5 rings (SSSR count). The fourth-order valence-electron chi connectivity index (χ4n) is 4.15. The number of hydrogen-bond donors (Lipinski definition) is 0. The van der Waals surface area contributed by atoms with E-state index in [1.54, 1.807) is 7.11 Å². The molecular weight excluding hydrogens is 374 g/mol. The van der Waals surface area contributed by atoms with Crippen LogP contribution in [-0.4, -0.2) is 60.0 Å². The van der Waals surface area contributed by atoms with Crippen molar-refractivity contribution < 1.29 is 4.74 Å². The first-order chi connectivity index (χ1) is 14.6. The van der Waals surface area contributed by atoms with Crippen molar-refractivity contribution in [1.82, 2.24) is 19.7 Å². The lowest BCUT2D eigenvalue weighted by atomic mass is 10.1. The summed E-state index contributed by atoms with van der Waals surface area (Å²) in [5.41, 5.74) is 4.45. The Bertz CT molecular complexity index is 1190. The van der Waals surface area contributed by atoms with Gasteiger partial charge in [-0.15, -0.1) is 0 Å². The summed E-state index contributed by atoms with van der Waals surface area (Å²) >= 11 is 0. The summed E-state index contributed by atoms with van der Waals surface area (Å²) in [6, 6.07) is 14.7. The van der Waals surface area contributed by atoms with Gasteiger partial charge in [0.1, 0.15) is 11.3 Å². The number of anilines is 1. The first-order valence-electron chi connectivity index (χ1n) is 10.4. The van der Waals surface area contributed by atoms with Gasteiger partial charge in [-0.2, -0.15) is 5.10 Å². The molecule has 6 heteroatoms. The molecule has 0 atom stereocenters. The molecule has 4 aromatic rings. The molecule has 1 aliphatic rings. The van der Waals surface area contributed by atoms with Crippen LogP contribution in [0, 0.1) is 6.92 Å². The first kappa shape index (κ1) is 18.9. The van der Waals surface area contributed by atoms with Crippen molar-refractivity contribution in [2.45, 2.75) is 13.5 Å². The third-order valence-corrected chi connectivity index (χ3v) is 5.95. The molecule has 30 heavy (non-hydrogen) atoms. The van der Waals surface area contributed by atoms with Crippen molar-refractivity contribution in [2.24, 2.45) is 0 Å². The lowest BCUT2D eigenvalue weighted by Gasteiger charge is -2.33. The fourth-order valence-corrected chi connectivity index (χ4v) is 4.15. The molecule has 2 aromatic heterocycles. The van der Waals surface area contributed by atoms with Gasteiger partial charge in [0.05, 0.1) is 19.2 Å². The Kier molecular flexibility index (Phi) is 4.79. The zero-order valence-electron chi connectivity index (χ0n) is 17.8. The highest BCUT2D eigenvalue weighted by Gasteiger charge is 2.21. The van der Waals surface area contributed by atoms with E-state index in [0.717, 1.165) is 48.8 Å². The summed E-state index contributed by atoms with van der Waals surface area (Å²) in [5.74, 6) is 1.87. The number of fused-ring (bicyclic) bond motifs is 3. The van der Waals surface area contributed by atoms with Gasteiger partial charge in [0.15, 0.2) is 5.82 Å². The summed E-state index contributed by atoms with van der Waals surface area (Å²) in [7, 11) is 3.86. The van der Waals surface area contributed by atoms with Crippen molar-refractivity contribution in [1.29, 1.82) is 0 Å². The summed E-state index contributed by atoms with van der Waals surface area (Å²) in [6.07, 6.45) is 2.17. The molecule has 3 heterocycles. The standard InChI is InChI=1S/C24H27N5O/c1-17-4-9-22-20(14-17)21-16-29(15-18-5-7-19(30-3)8-6-18)26-23(21)24(25-22)28-12-10-27(2)11-13-28/h4-9,14,16H,10-13,15H2,1-3H3. The Morgan fingerprint density at radius 1 is 0.967 bits per heavy atom. The Hall–Kier alpha value is -3.12. The van der Waals surface area contributed by atoms with Crippen LogP contribution in [0.15, 0.2) is 48.7 Å². The van der Waals surface area contributed by atoms with E-state index in [1.807, 2.05) is 16.8 Å². The topological polar surface area (TPSA) is 46.4 Å². The van der Waals surface area contributed by atoms with Crippen LogP contribution in [0.2, 0.25) is 0 Å². The van der Waals surface area contributed by atoms with Gasteiger partial charge in [-0.1, -0.05) is 23.8 Å². The fraction of sp³-hybridized carbons (Fsp3) is 0.333. The first-order valence-corrected chi connectivity index (χ1v) is 10.4. The number of aromatic nitrogens is 3. The van der Waals surface area contributed by atoms with Crippen molar-refractivity contribution in [2.75, 3.05) is 45.2 Å². The van der Waals surface area contributed by atoms with Gasteiger partial charge in [0, 0.05) is 43.1 Å². The second-order valence-corrected chi connectivity index (χ2v) is 8.18. The molecule has 1 saturated heterocycles. The summed E-state index contributed by atoms with van der Waals surface area (Å²) < 4.78 is 7.31. The number of piperazine rings is 1. The van der Waals surface area contributed by atoms with E-state index in [-0.39, 0.29) is 0 Å². The van der Waals surface area contributed by atoms with E-state index in [9.17, 15) is 0 Å². The van der Waals surface area contributed by atoms with Crippen LogP contribution in [0.5, 0.6) is 5.75 Å². The number of pyridine rings is 1. The molecule has 0 N–H and O–H groups in total. The predicted molar refractivity (Wildman–Crippen MR) is 122 cm³/mol. The number of likely N-dealkylation sites (N-methyl/N-ethyl adjacent to an activating group) is 1. The monoisotopic (exact) mass is 401 g/mol. The zero-order valence-corrected chi connectivity index (χ0v) is 17.8. The molecule has 0 amide bonds. The number of hydrogen-bond acceptors (Lipinski definition) is 5. The number of nitrogens with zero attached hydrogens (tertiary/aromatic N) is 5. The highest BCUT2D eigenvalue weighted by atomic mass is 16.5. The van der Waals surface area contributed by atoms with Crippen LogP contribution in [0.4, 0.5) is 5.82 Å². The van der Waals surface area contributed by atoms with Crippen molar-refractivity contribution in [3.63, 3.8) is 0 Å². The number of methoxy groups -OCH3 is 1. The van der Waals surface area contributed by atoms with Crippen molar-refractivity contribution in [3.8, 4) is 5.75 Å². The van der Waals surface area contributed by atoms with Crippen LogP contribution in [0.1, 0.15) is 11.1 Å². The van der Waals surface area contributed by atoms with Crippen LogP contribution in [-0.2, 0) is 6.54 Å². The smallest absolute Gasteiger partial charge is 0.157 e. The van der Waals surface area contributed by atoms with Gasteiger partial charge in [-0.05, 0) is 43.8 Å². The second kappa shape index (κ2) is 7.61. The van der Waals surface area contributed by atoms with E-state index >= 15 is 0 Å². The van der Waals surface area contributed by atoms with Crippen LogP contribution in [0.25, 0.3) is 21.8 Å². The maximum atomic E-state index is 5.28. The maximum absolute atomic E-state index is 5.28. The molecule has 0 bridgehead atoms. The number of rotatable bonds is 4. The minimum absolute atomic E-state index is 0.716. The molecule has 0 aliphatic carbocycles. The minimum Gasteiger partial charge on any atom is -0.497 e. The Labute approximate surface area is 176 Å². The number of benzene rings is 2. The summed E-state index contributed by atoms with van der Waals surface area (Å²) in [6.45, 7) is 6.88. The average molecular weight is 402 g/mol. The molecule has 1 aliphatic heterocycles. The Morgan fingerprint density at radius 3 is 2.47 bits per heavy atom. The van der Waals surface area contributed by atoms with E-state index < -0.39 is 0 Å². The molecule has 0 saturated carbocycles. The third kappa shape index (κ3) is 3.48. The van der Waals surface area contributed by atoms with Gasteiger partial charge in [-0.25, -0.2) is 4.98 Å².